The summed E-state index contributed by atoms with van der Waals surface area (Å²) in [5.74, 6) is 0.292. The SMILES string of the molecule is O=C1OCCc2c1ncnc2-c1ccc(OC2CC2)c(Cl)c1. The number of cyclic esters (lactones) is 1. The molecule has 0 bridgehead atoms. The summed E-state index contributed by atoms with van der Waals surface area (Å²) in [5.41, 5.74) is 2.72. The van der Waals surface area contributed by atoms with Crippen LogP contribution < -0.4 is 4.74 Å². The van der Waals surface area contributed by atoms with E-state index in [1.807, 2.05) is 18.2 Å². The number of ether oxygens (including phenoxy) is 2. The molecule has 1 aromatic heterocycles. The predicted molar refractivity (Wildman–Crippen MR) is 80.1 cm³/mol. The van der Waals surface area contributed by atoms with Crippen LogP contribution in [0.4, 0.5) is 0 Å². The molecule has 1 aliphatic carbocycles. The first-order valence-electron chi connectivity index (χ1n) is 7.20. The summed E-state index contributed by atoms with van der Waals surface area (Å²) >= 11 is 6.30. The van der Waals surface area contributed by atoms with Crippen molar-refractivity contribution >= 4 is 17.6 Å². The Kier molecular flexibility index (Phi) is 3.22. The molecule has 2 aromatic rings. The van der Waals surface area contributed by atoms with Crippen molar-refractivity contribution in [1.29, 1.82) is 0 Å². The molecule has 4 rings (SSSR count). The van der Waals surface area contributed by atoms with Gasteiger partial charge in [0.1, 0.15) is 12.1 Å². The Labute approximate surface area is 132 Å². The van der Waals surface area contributed by atoms with Crippen molar-refractivity contribution in [1.82, 2.24) is 9.97 Å². The summed E-state index contributed by atoms with van der Waals surface area (Å²) in [4.78, 5) is 20.1. The summed E-state index contributed by atoms with van der Waals surface area (Å²) in [6.45, 7) is 0.350. The Morgan fingerprint density at radius 1 is 1.23 bits per heavy atom. The number of rotatable bonds is 3. The van der Waals surface area contributed by atoms with Gasteiger partial charge in [0.05, 0.1) is 23.4 Å². The summed E-state index contributed by atoms with van der Waals surface area (Å²) in [6, 6.07) is 5.58. The fourth-order valence-corrected chi connectivity index (χ4v) is 2.72. The molecule has 1 fully saturated rings. The molecule has 0 spiro atoms. The van der Waals surface area contributed by atoms with Crippen molar-refractivity contribution in [2.45, 2.75) is 25.4 Å². The molecule has 0 unspecified atom stereocenters. The smallest absolute Gasteiger partial charge is 0.357 e. The third-order valence-electron chi connectivity index (χ3n) is 3.75. The fourth-order valence-electron chi connectivity index (χ4n) is 2.50. The molecule has 112 valence electrons. The van der Waals surface area contributed by atoms with E-state index in [1.54, 1.807) is 0 Å². The van der Waals surface area contributed by atoms with Gasteiger partial charge in [0, 0.05) is 17.5 Å². The van der Waals surface area contributed by atoms with Gasteiger partial charge in [-0.15, -0.1) is 0 Å². The van der Waals surface area contributed by atoms with Crippen LogP contribution in [-0.2, 0) is 11.2 Å². The first kappa shape index (κ1) is 13.5. The summed E-state index contributed by atoms with van der Waals surface area (Å²) in [6.07, 6.45) is 4.45. The minimum atomic E-state index is -0.398. The predicted octanol–water partition coefficient (Wildman–Crippen LogP) is 3.05. The lowest BCUT2D eigenvalue weighted by Crippen LogP contribution is -2.20. The second-order valence-corrected chi connectivity index (χ2v) is 5.80. The summed E-state index contributed by atoms with van der Waals surface area (Å²) < 4.78 is 10.8. The van der Waals surface area contributed by atoms with Gasteiger partial charge in [0.15, 0.2) is 5.69 Å². The number of carbonyl (C=O) groups is 1. The quantitative estimate of drug-likeness (QED) is 0.814. The molecule has 1 aromatic carbocycles. The molecule has 0 radical (unpaired) electrons. The highest BCUT2D eigenvalue weighted by molar-refractivity contribution is 6.32. The number of halogens is 1. The second kappa shape index (κ2) is 5.25. The zero-order chi connectivity index (χ0) is 15.1. The average Bonchev–Trinajstić information content (AvgIpc) is 3.33. The van der Waals surface area contributed by atoms with Crippen LogP contribution in [0.25, 0.3) is 11.3 Å². The third-order valence-corrected chi connectivity index (χ3v) is 4.04. The lowest BCUT2D eigenvalue weighted by molar-refractivity contribution is 0.0471. The summed E-state index contributed by atoms with van der Waals surface area (Å²) in [7, 11) is 0. The van der Waals surface area contributed by atoms with Gasteiger partial charge < -0.3 is 9.47 Å². The van der Waals surface area contributed by atoms with Crippen LogP contribution in [0.1, 0.15) is 28.9 Å². The summed E-state index contributed by atoms with van der Waals surface area (Å²) in [5, 5.41) is 0.551. The van der Waals surface area contributed by atoms with E-state index < -0.39 is 5.97 Å². The van der Waals surface area contributed by atoms with Crippen LogP contribution in [0.5, 0.6) is 5.75 Å². The van der Waals surface area contributed by atoms with Gasteiger partial charge in [-0.25, -0.2) is 14.8 Å². The maximum Gasteiger partial charge on any atom is 0.357 e. The topological polar surface area (TPSA) is 61.3 Å². The molecule has 2 heterocycles. The number of fused-ring (bicyclic) bond motifs is 1. The normalized spacial score (nSPS) is 16.9. The molecule has 22 heavy (non-hydrogen) atoms. The van der Waals surface area contributed by atoms with Gasteiger partial charge in [-0.05, 0) is 31.0 Å². The van der Waals surface area contributed by atoms with E-state index in [4.69, 9.17) is 21.1 Å². The van der Waals surface area contributed by atoms with E-state index in [0.717, 1.165) is 29.7 Å². The lowest BCUT2D eigenvalue weighted by Gasteiger charge is -2.17. The van der Waals surface area contributed by atoms with Crippen LogP contribution in [0.3, 0.4) is 0 Å². The highest BCUT2D eigenvalue weighted by atomic mass is 35.5. The van der Waals surface area contributed by atoms with Crippen LogP contribution >= 0.6 is 11.6 Å². The molecule has 2 aliphatic rings. The van der Waals surface area contributed by atoms with E-state index in [-0.39, 0.29) is 0 Å². The molecular weight excluding hydrogens is 304 g/mol. The van der Waals surface area contributed by atoms with Crippen molar-refractivity contribution in [3.8, 4) is 17.0 Å². The maximum absolute atomic E-state index is 11.8. The highest BCUT2D eigenvalue weighted by Crippen LogP contribution is 2.35. The van der Waals surface area contributed by atoms with Crippen molar-refractivity contribution < 1.29 is 14.3 Å². The molecule has 6 heteroatoms. The Morgan fingerprint density at radius 3 is 2.82 bits per heavy atom. The Morgan fingerprint density at radius 2 is 2.05 bits per heavy atom. The number of aromatic nitrogens is 2. The third kappa shape index (κ3) is 2.41. The number of hydrogen-bond donors (Lipinski definition) is 0. The molecule has 0 amide bonds. The van der Waals surface area contributed by atoms with Crippen LogP contribution in [-0.4, -0.2) is 28.6 Å². The van der Waals surface area contributed by atoms with E-state index in [9.17, 15) is 4.79 Å². The fraction of sp³-hybridized carbons (Fsp3) is 0.312. The van der Waals surface area contributed by atoms with Gasteiger partial charge in [0.25, 0.3) is 0 Å². The number of carbonyl (C=O) groups excluding carboxylic acids is 1. The highest BCUT2D eigenvalue weighted by Gasteiger charge is 2.26. The molecule has 5 nitrogen and oxygen atoms in total. The largest absolute Gasteiger partial charge is 0.489 e. The second-order valence-electron chi connectivity index (χ2n) is 5.40. The van der Waals surface area contributed by atoms with Crippen molar-refractivity contribution in [2.24, 2.45) is 0 Å². The van der Waals surface area contributed by atoms with Crippen molar-refractivity contribution in [3.05, 3.63) is 40.8 Å². The molecule has 1 saturated carbocycles. The van der Waals surface area contributed by atoms with E-state index in [2.05, 4.69) is 9.97 Å². The van der Waals surface area contributed by atoms with Gasteiger partial charge in [0.2, 0.25) is 0 Å². The first-order valence-corrected chi connectivity index (χ1v) is 7.58. The van der Waals surface area contributed by atoms with Crippen molar-refractivity contribution in [3.63, 3.8) is 0 Å². The molecule has 0 saturated heterocycles. The standard InChI is InChI=1S/C16H13ClN2O3/c17-12-7-9(1-4-13(12)22-10-2-3-10)14-11-5-6-21-16(20)15(11)19-8-18-14/h1,4,7-8,10H,2-3,5-6H2. The molecule has 0 N–H and O–H groups in total. The van der Waals surface area contributed by atoms with E-state index >= 15 is 0 Å². The van der Waals surface area contributed by atoms with Gasteiger partial charge in [-0.3, -0.25) is 0 Å². The number of esters is 1. The molecule has 0 atom stereocenters. The molecular formula is C16H13ClN2O3. The minimum absolute atomic E-state index is 0.296. The van der Waals surface area contributed by atoms with Gasteiger partial charge in [-0.2, -0.15) is 0 Å². The number of benzene rings is 1. The van der Waals surface area contributed by atoms with Crippen LogP contribution in [0.2, 0.25) is 5.02 Å². The first-order chi connectivity index (χ1) is 10.7. The van der Waals surface area contributed by atoms with Crippen LogP contribution in [0.15, 0.2) is 24.5 Å². The Balaban J connectivity index is 1.74. The van der Waals surface area contributed by atoms with Crippen LogP contribution in [0, 0.1) is 0 Å². The molecule has 1 aliphatic heterocycles. The Hall–Kier alpha value is -2.14. The zero-order valence-corrected chi connectivity index (χ0v) is 12.5. The number of nitrogens with zero attached hydrogens (tertiary/aromatic N) is 2. The monoisotopic (exact) mass is 316 g/mol. The van der Waals surface area contributed by atoms with E-state index in [0.29, 0.717) is 35.6 Å². The maximum atomic E-state index is 11.8. The minimum Gasteiger partial charge on any atom is -0.489 e. The number of hydrogen-bond acceptors (Lipinski definition) is 5. The average molecular weight is 317 g/mol. The van der Waals surface area contributed by atoms with Gasteiger partial charge >= 0.3 is 5.97 Å². The zero-order valence-electron chi connectivity index (χ0n) is 11.7. The Bertz CT molecular complexity index is 759. The van der Waals surface area contributed by atoms with Gasteiger partial charge in [-0.1, -0.05) is 11.6 Å². The van der Waals surface area contributed by atoms with E-state index in [1.165, 1.54) is 6.33 Å². The lowest BCUT2D eigenvalue weighted by atomic mass is 10.0. The van der Waals surface area contributed by atoms with Crippen molar-refractivity contribution in [2.75, 3.05) is 6.61 Å².